The van der Waals surface area contributed by atoms with Crippen LogP contribution in [-0.2, 0) is 19.1 Å². The first-order valence-corrected chi connectivity index (χ1v) is 7.13. The smallest absolute Gasteiger partial charge is 0.330 e. The van der Waals surface area contributed by atoms with Gasteiger partial charge < -0.3 is 15.2 Å². The molecule has 2 N–H and O–H groups in total. The average Bonchev–Trinajstić information content (AvgIpc) is 2.46. The minimum atomic E-state index is -0.981. The van der Waals surface area contributed by atoms with Gasteiger partial charge in [-0.15, -0.1) is 0 Å². The molecule has 6 nitrogen and oxygen atoms in total. The summed E-state index contributed by atoms with van der Waals surface area (Å²) in [6, 6.07) is 0. The van der Waals surface area contributed by atoms with Crippen LogP contribution in [0.3, 0.4) is 0 Å². The second-order valence-corrected chi connectivity index (χ2v) is 5.21. The summed E-state index contributed by atoms with van der Waals surface area (Å²) in [5.41, 5.74) is -0.148. The van der Waals surface area contributed by atoms with Crippen molar-refractivity contribution in [2.45, 2.75) is 46.1 Å². The molecule has 0 unspecified atom stereocenters. The van der Waals surface area contributed by atoms with Gasteiger partial charge in [-0.2, -0.15) is 0 Å². The van der Waals surface area contributed by atoms with Gasteiger partial charge in [-0.05, 0) is 33.3 Å². The van der Waals surface area contributed by atoms with E-state index in [0.717, 1.165) is 18.9 Å². The Morgan fingerprint density at radius 1 is 1.09 bits per heavy atom. The molecule has 6 heteroatoms. The van der Waals surface area contributed by atoms with E-state index in [0.29, 0.717) is 6.61 Å². The van der Waals surface area contributed by atoms with Gasteiger partial charge in [-0.1, -0.05) is 33.1 Å². The summed E-state index contributed by atoms with van der Waals surface area (Å²) in [5.74, 6) is -1.43. The van der Waals surface area contributed by atoms with E-state index >= 15 is 0 Å². The molecule has 0 aromatic carbocycles. The van der Waals surface area contributed by atoms with E-state index in [1.807, 2.05) is 27.7 Å². The van der Waals surface area contributed by atoms with Gasteiger partial charge in [0.05, 0.1) is 6.61 Å². The maximum Gasteiger partial charge on any atom is 0.330 e. The van der Waals surface area contributed by atoms with E-state index in [1.54, 1.807) is 0 Å². The third-order valence-electron chi connectivity index (χ3n) is 1.77. The van der Waals surface area contributed by atoms with Crippen molar-refractivity contribution in [3.63, 3.8) is 0 Å². The molecule has 0 aliphatic heterocycles. The number of carboxylic acid groups (broad SMARTS) is 1. The van der Waals surface area contributed by atoms with Crippen LogP contribution in [0.2, 0.25) is 0 Å². The number of esters is 1. The molecule has 0 saturated heterocycles. The number of carbonyl (C=O) groups is 3. The number of rotatable bonds is 6. The van der Waals surface area contributed by atoms with Gasteiger partial charge in [0, 0.05) is 17.7 Å². The van der Waals surface area contributed by atoms with Gasteiger partial charge in [-0.3, -0.25) is 4.79 Å². The van der Waals surface area contributed by atoms with E-state index in [-0.39, 0.29) is 17.4 Å². The topological polar surface area (TPSA) is 92.7 Å². The molecule has 0 atom stereocenters. The lowest BCUT2D eigenvalue weighted by Crippen LogP contribution is -2.39. The van der Waals surface area contributed by atoms with Crippen LogP contribution in [0.1, 0.15) is 40.5 Å². The fourth-order valence-electron chi connectivity index (χ4n) is 0.797. The van der Waals surface area contributed by atoms with Gasteiger partial charge in [0.2, 0.25) is 5.91 Å². The lowest BCUT2D eigenvalue weighted by atomic mass is 10.1. The van der Waals surface area contributed by atoms with Gasteiger partial charge in [0.15, 0.2) is 0 Å². The SMILES string of the molecule is C=CC(=O)NC(C)(C)C.C=CC(=O)O.C=CC(=O)OCCCC. The minimum absolute atomic E-state index is 0.123. The number of unbranched alkanes of at least 4 members (excludes halogenated alkanes) is 1. The number of hydrogen-bond acceptors (Lipinski definition) is 4. The number of nitrogens with one attached hydrogen (secondary N) is 1. The van der Waals surface area contributed by atoms with Crippen LogP contribution in [0.4, 0.5) is 0 Å². The highest BCUT2D eigenvalue weighted by Gasteiger charge is 2.10. The molecule has 0 rings (SSSR count). The molecule has 0 heterocycles. The number of amides is 1. The zero-order valence-corrected chi connectivity index (χ0v) is 14.6. The van der Waals surface area contributed by atoms with Crippen molar-refractivity contribution in [1.82, 2.24) is 5.32 Å². The Hall–Kier alpha value is -2.37. The molecule has 23 heavy (non-hydrogen) atoms. The molecule has 0 fully saturated rings. The number of carboxylic acids is 1. The lowest BCUT2D eigenvalue weighted by Gasteiger charge is -2.18. The van der Waals surface area contributed by atoms with E-state index in [1.165, 1.54) is 12.2 Å². The van der Waals surface area contributed by atoms with Crippen molar-refractivity contribution >= 4 is 17.8 Å². The molecule has 132 valence electrons. The number of aliphatic carboxylic acids is 1. The van der Waals surface area contributed by atoms with Gasteiger partial charge in [0.25, 0.3) is 0 Å². The van der Waals surface area contributed by atoms with Crippen LogP contribution in [0, 0.1) is 0 Å². The molecule has 0 saturated carbocycles. The lowest BCUT2D eigenvalue weighted by molar-refractivity contribution is -0.138. The van der Waals surface area contributed by atoms with E-state index < -0.39 is 5.97 Å². The third-order valence-corrected chi connectivity index (χ3v) is 1.77. The summed E-state index contributed by atoms with van der Waals surface area (Å²) in [6.07, 6.45) is 5.25. The standard InChI is InChI=1S/C7H13NO.C7H12O2.C3H4O2/c1-5-6(9)8-7(2,3)4;1-3-5-6-9-7(8)4-2;1-2-3(4)5/h5H,1H2,2-4H3,(H,8,9);4H,2-3,5-6H2,1H3;2H,1H2,(H,4,5). The Morgan fingerprint density at radius 2 is 1.57 bits per heavy atom. The first kappa shape index (κ1) is 25.6. The summed E-state index contributed by atoms with van der Waals surface area (Å²) < 4.78 is 4.67. The van der Waals surface area contributed by atoms with Crippen LogP contribution < -0.4 is 5.32 Å². The van der Waals surface area contributed by atoms with Crippen molar-refractivity contribution < 1.29 is 24.2 Å². The number of ether oxygens (including phenoxy) is 1. The molecule has 1 amide bonds. The summed E-state index contributed by atoms with van der Waals surface area (Å²) in [7, 11) is 0. The normalized spacial score (nSPS) is 8.87. The quantitative estimate of drug-likeness (QED) is 0.444. The van der Waals surface area contributed by atoms with Crippen LogP contribution in [0.5, 0.6) is 0 Å². The highest BCUT2D eigenvalue weighted by molar-refractivity contribution is 5.87. The molecule has 0 bridgehead atoms. The average molecular weight is 327 g/mol. The zero-order chi connectivity index (χ0) is 18.9. The fraction of sp³-hybridized carbons (Fsp3) is 0.471. The molecule has 0 aliphatic rings. The molecule has 0 spiro atoms. The van der Waals surface area contributed by atoms with Crippen LogP contribution in [-0.4, -0.2) is 35.1 Å². The largest absolute Gasteiger partial charge is 0.478 e. The molecular weight excluding hydrogens is 298 g/mol. The highest BCUT2D eigenvalue weighted by atomic mass is 16.5. The monoisotopic (exact) mass is 327 g/mol. The molecule has 0 aromatic heterocycles. The van der Waals surface area contributed by atoms with Gasteiger partial charge in [0.1, 0.15) is 0 Å². The van der Waals surface area contributed by atoms with Crippen molar-refractivity contribution in [3.8, 4) is 0 Å². The minimum Gasteiger partial charge on any atom is -0.478 e. The summed E-state index contributed by atoms with van der Waals surface area (Å²) in [4.78, 5) is 30.2. The van der Waals surface area contributed by atoms with Crippen LogP contribution in [0.25, 0.3) is 0 Å². The van der Waals surface area contributed by atoms with Crippen molar-refractivity contribution in [2.24, 2.45) is 0 Å². The van der Waals surface area contributed by atoms with Gasteiger partial charge >= 0.3 is 11.9 Å². The first-order chi connectivity index (χ1) is 10.5. The van der Waals surface area contributed by atoms with E-state index in [9.17, 15) is 14.4 Å². The molecule has 0 aromatic rings. The highest BCUT2D eigenvalue weighted by Crippen LogP contribution is 1.97. The van der Waals surface area contributed by atoms with Crippen molar-refractivity contribution in [2.75, 3.05) is 6.61 Å². The summed E-state index contributed by atoms with van der Waals surface area (Å²) in [5, 5.41) is 10.3. The van der Waals surface area contributed by atoms with E-state index in [2.05, 4.69) is 29.8 Å². The maximum absolute atomic E-state index is 10.6. The van der Waals surface area contributed by atoms with Crippen molar-refractivity contribution in [1.29, 1.82) is 0 Å². The Labute approximate surface area is 138 Å². The Kier molecular flexibility index (Phi) is 17.8. The van der Waals surface area contributed by atoms with Crippen LogP contribution in [0.15, 0.2) is 38.0 Å². The zero-order valence-electron chi connectivity index (χ0n) is 14.6. The predicted molar refractivity (Wildman–Crippen MR) is 92.0 cm³/mol. The fourth-order valence-corrected chi connectivity index (χ4v) is 0.797. The Bertz CT molecular complexity index is 394. The molecule has 0 radical (unpaired) electrons. The molecular formula is C17H29NO5. The Balaban J connectivity index is -0.000000273. The molecule has 0 aliphatic carbocycles. The third kappa shape index (κ3) is 32.8. The number of carbonyl (C=O) groups excluding carboxylic acids is 2. The Morgan fingerprint density at radius 3 is 1.78 bits per heavy atom. The predicted octanol–water partition coefficient (Wildman–Crippen LogP) is 2.86. The number of hydrogen-bond donors (Lipinski definition) is 2. The van der Waals surface area contributed by atoms with E-state index in [4.69, 9.17) is 5.11 Å². The van der Waals surface area contributed by atoms with Crippen molar-refractivity contribution in [3.05, 3.63) is 38.0 Å². The van der Waals surface area contributed by atoms with Crippen LogP contribution >= 0.6 is 0 Å². The van der Waals surface area contributed by atoms with Gasteiger partial charge in [-0.25, -0.2) is 9.59 Å². The summed E-state index contributed by atoms with van der Waals surface area (Å²) in [6.45, 7) is 17.9. The summed E-state index contributed by atoms with van der Waals surface area (Å²) >= 11 is 0. The second-order valence-electron chi connectivity index (χ2n) is 5.21. The maximum atomic E-state index is 10.6. The first-order valence-electron chi connectivity index (χ1n) is 7.13. The second kappa shape index (κ2) is 16.0.